The molecule has 3 rings (SSSR count). The number of halogens is 1. The van der Waals surface area contributed by atoms with E-state index in [0.717, 1.165) is 30.1 Å². The summed E-state index contributed by atoms with van der Waals surface area (Å²) in [7, 11) is 1.63. The molecule has 2 aromatic carbocycles. The van der Waals surface area contributed by atoms with E-state index in [1.54, 1.807) is 30.3 Å². The Labute approximate surface area is 152 Å². The number of nitrogens with zero attached hydrogens (tertiary/aromatic N) is 2. The molecule has 1 saturated heterocycles. The molecule has 136 valence electrons. The minimum atomic E-state index is -0.240. The number of methoxy groups -OCH3 is 1. The highest BCUT2D eigenvalue weighted by molar-refractivity contribution is 5.76. The van der Waals surface area contributed by atoms with E-state index in [1.165, 1.54) is 12.1 Å². The highest BCUT2D eigenvalue weighted by Crippen LogP contribution is 2.17. The third-order valence-corrected chi connectivity index (χ3v) is 4.36. The molecular weight excluding hydrogens is 333 g/mol. The Morgan fingerprint density at radius 3 is 2.31 bits per heavy atom. The Morgan fingerprint density at radius 2 is 1.69 bits per heavy atom. The average Bonchev–Trinajstić information content (AvgIpc) is 2.69. The zero-order valence-corrected chi connectivity index (χ0v) is 14.7. The van der Waals surface area contributed by atoms with Crippen LogP contribution in [0, 0.1) is 5.82 Å². The van der Waals surface area contributed by atoms with E-state index in [0.29, 0.717) is 13.1 Å². The second kappa shape index (κ2) is 8.38. The van der Waals surface area contributed by atoms with Crippen LogP contribution in [0.3, 0.4) is 0 Å². The maximum Gasteiger partial charge on any atom is 0.321 e. The monoisotopic (exact) mass is 355 g/mol. The highest BCUT2D eigenvalue weighted by atomic mass is 19.1. The first-order valence-corrected chi connectivity index (χ1v) is 8.52. The van der Waals surface area contributed by atoms with Crippen molar-refractivity contribution in [3.8, 4) is 5.75 Å². The molecular formula is C20H22FN3O2. The Balaban J connectivity index is 1.47. The Morgan fingerprint density at radius 1 is 1.04 bits per heavy atom. The van der Waals surface area contributed by atoms with Crippen LogP contribution in [0.25, 0.3) is 6.08 Å². The number of anilines is 1. The van der Waals surface area contributed by atoms with Crippen LogP contribution >= 0.6 is 0 Å². The summed E-state index contributed by atoms with van der Waals surface area (Å²) in [5, 5.41) is 2.80. The molecule has 0 radical (unpaired) electrons. The second-order valence-electron chi connectivity index (χ2n) is 6.01. The molecule has 0 saturated carbocycles. The molecule has 0 aliphatic carbocycles. The normalized spacial score (nSPS) is 14.5. The Kier molecular flexibility index (Phi) is 5.73. The predicted molar refractivity (Wildman–Crippen MR) is 101 cm³/mol. The molecule has 26 heavy (non-hydrogen) atoms. The molecule has 0 atom stereocenters. The fraction of sp³-hybridized carbons (Fsp3) is 0.250. The summed E-state index contributed by atoms with van der Waals surface area (Å²) in [6.45, 7) is 2.70. The van der Waals surface area contributed by atoms with Gasteiger partial charge in [0.15, 0.2) is 0 Å². The van der Waals surface area contributed by atoms with Gasteiger partial charge in [0.1, 0.15) is 11.6 Å². The van der Waals surface area contributed by atoms with Gasteiger partial charge in [0.25, 0.3) is 0 Å². The van der Waals surface area contributed by atoms with Gasteiger partial charge < -0.3 is 19.9 Å². The molecule has 1 aliphatic rings. The van der Waals surface area contributed by atoms with Crippen molar-refractivity contribution in [3.05, 3.63) is 66.1 Å². The van der Waals surface area contributed by atoms with Crippen molar-refractivity contribution >= 4 is 17.8 Å². The van der Waals surface area contributed by atoms with Crippen LogP contribution in [0.2, 0.25) is 0 Å². The minimum absolute atomic E-state index is 0.117. The SMILES string of the molecule is COc1ccc(/C=C/NC(=O)N2CCN(c3ccc(F)cc3)CC2)cc1. The first-order valence-electron chi connectivity index (χ1n) is 8.52. The maximum absolute atomic E-state index is 13.0. The van der Waals surface area contributed by atoms with E-state index in [1.807, 2.05) is 30.3 Å². The van der Waals surface area contributed by atoms with E-state index in [2.05, 4.69) is 10.2 Å². The number of urea groups is 1. The topological polar surface area (TPSA) is 44.8 Å². The molecule has 1 heterocycles. The lowest BCUT2D eigenvalue weighted by atomic mass is 10.2. The van der Waals surface area contributed by atoms with Crippen LogP contribution in [0.1, 0.15) is 5.56 Å². The molecule has 0 spiro atoms. The first kappa shape index (κ1) is 17.8. The fourth-order valence-electron chi connectivity index (χ4n) is 2.84. The van der Waals surface area contributed by atoms with Crippen molar-refractivity contribution in [1.82, 2.24) is 10.2 Å². The largest absolute Gasteiger partial charge is 0.497 e. The third kappa shape index (κ3) is 4.53. The van der Waals surface area contributed by atoms with Gasteiger partial charge in [0.2, 0.25) is 0 Å². The van der Waals surface area contributed by atoms with Gasteiger partial charge in [-0.05, 0) is 48.0 Å². The molecule has 0 aromatic heterocycles. The summed E-state index contributed by atoms with van der Waals surface area (Å²) in [5.41, 5.74) is 1.96. The van der Waals surface area contributed by atoms with Crippen molar-refractivity contribution in [2.45, 2.75) is 0 Å². The molecule has 0 unspecified atom stereocenters. The lowest BCUT2D eigenvalue weighted by Crippen LogP contribution is -2.51. The van der Waals surface area contributed by atoms with E-state index in [9.17, 15) is 9.18 Å². The number of hydrogen-bond donors (Lipinski definition) is 1. The summed E-state index contributed by atoms with van der Waals surface area (Å²) < 4.78 is 18.1. The summed E-state index contributed by atoms with van der Waals surface area (Å²) in [4.78, 5) is 16.2. The van der Waals surface area contributed by atoms with Gasteiger partial charge in [-0.15, -0.1) is 0 Å². The fourth-order valence-corrected chi connectivity index (χ4v) is 2.84. The number of piperazine rings is 1. The zero-order chi connectivity index (χ0) is 18.4. The molecule has 6 heteroatoms. The smallest absolute Gasteiger partial charge is 0.321 e. The van der Waals surface area contributed by atoms with Crippen molar-refractivity contribution in [1.29, 1.82) is 0 Å². The standard InChI is InChI=1S/C20H22FN3O2/c1-26-19-8-2-16(3-9-19)10-11-22-20(25)24-14-12-23(13-15-24)18-6-4-17(21)5-7-18/h2-11H,12-15H2,1H3,(H,22,25)/b11-10+. The minimum Gasteiger partial charge on any atom is -0.497 e. The van der Waals surface area contributed by atoms with Crippen molar-refractivity contribution < 1.29 is 13.9 Å². The van der Waals surface area contributed by atoms with Gasteiger partial charge in [-0.25, -0.2) is 9.18 Å². The maximum atomic E-state index is 13.0. The van der Waals surface area contributed by atoms with Crippen LogP contribution < -0.4 is 15.0 Å². The number of ether oxygens (including phenoxy) is 1. The number of carbonyl (C=O) groups excluding carboxylic acids is 1. The number of amides is 2. The number of benzene rings is 2. The van der Waals surface area contributed by atoms with Crippen LogP contribution in [-0.2, 0) is 0 Å². The van der Waals surface area contributed by atoms with Gasteiger partial charge in [-0.2, -0.15) is 0 Å². The van der Waals surface area contributed by atoms with E-state index < -0.39 is 0 Å². The average molecular weight is 355 g/mol. The summed E-state index contributed by atoms with van der Waals surface area (Å²) >= 11 is 0. The first-order chi connectivity index (χ1) is 12.7. The van der Waals surface area contributed by atoms with Gasteiger partial charge in [-0.3, -0.25) is 0 Å². The summed E-state index contributed by atoms with van der Waals surface area (Å²) in [6.07, 6.45) is 3.49. The lowest BCUT2D eigenvalue weighted by Gasteiger charge is -2.35. The quantitative estimate of drug-likeness (QED) is 0.915. The van der Waals surface area contributed by atoms with Crippen molar-refractivity contribution in [3.63, 3.8) is 0 Å². The number of hydrogen-bond acceptors (Lipinski definition) is 3. The van der Waals surface area contributed by atoms with Gasteiger partial charge in [0.05, 0.1) is 7.11 Å². The van der Waals surface area contributed by atoms with Crippen molar-refractivity contribution in [2.75, 3.05) is 38.2 Å². The summed E-state index contributed by atoms with van der Waals surface area (Å²) in [5.74, 6) is 0.556. The van der Waals surface area contributed by atoms with Crippen LogP contribution in [0.4, 0.5) is 14.9 Å². The molecule has 0 bridgehead atoms. The van der Waals surface area contributed by atoms with Crippen LogP contribution in [-0.4, -0.2) is 44.2 Å². The van der Waals surface area contributed by atoms with E-state index in [-0.39, 0.29) is 11.8 Å². The Bertz CT molecular complexity index is 752. The van der Waals surface area contributed by atoms with Crippen molar-refractivity contribution in [2.24, 2.45) is 0 Å². The van der Waals surface area contributed by atoms with Crippen LogP contribution in [0.15, 0.2) is 54.7 Å². The molecule has 1 aliphatic heterocycles. The second-order valence-corrected chi connectivity index (χ2v) is 6.01. The predicted octanol–water partition coefficient (Wildman–Crippen LogP) is 3.34. The summed E-state index contributed by atoms with van der Waals surface area (Å²) in [6, 6.07) is 13.9. The third-order valence-electron chi connectivity index (χ3n) is 4.36. The Hall–Kier alpha value is -3.02. The molecule has 1 fully saturated rings. The van der Waals surface area contributed by atoms with Gasteiger partial charge in [0, 0.05) is 38.1 Å². The molecule has 5 nitrogen and oxygen atoms in total. The number of carbonyl (C=O) groups is 1. The van der Waals surface area contributed by atoms with Crippen LogP contribution in [0.5, 0.6) is 5.75 Å². The highest BCUT2D eigenvalue weighted by Gasteiger charge is 2.20. The molecule has 1 N–H and O–H groups in total. The zero-order valence-electron chi connectivity index (χ0n) is 14.7. The lowest BCUT2D eigenvalue weighted by molar-refractivity contribution is 0.198. The number of nitrogens with one attached hydrogen (secondary N) is 1. The molecule has 2 amide bonds. The number of rotatable bonds is 4. The molecule has 2 aromatic rings. The van der Waals surface area contributed by atoms with Gasteiger partial charge in [-0.1, -0.05) is 12.1 Å². The van der Waals surface area contributed by atoms with Gasteiger partial charge >= 0.3 is 6.03 Å². The van der Waals surface area contributed by atoms with E-state index >= 15 is 0 Å². The van der Waals surface area contributed by atoms with E-state index in [4.69, 9.17) is 4.74 Å².